The molecule has 4 rings (SSSR count). The number of aromatic hydroxyl groups is 1. The molecule has 0 spiro atoms. The molecular formula is C23H26N3O4+. The molecule has 0 aliphatic carbocycles. The number of hydrogen-bond donors (Lipinski definition) is 2. The topological polar surface area (TPSA) is 86.8 Å². The van der Waals surface area contributed by atoms with Gasteiger partial charge in [0, 0.05) is 36.0 Å². The van der Waals surface area contributed by atoms with Crippen LogP contribution in [0.4, 0.5) is 5.69 Å². The van der Waals surface area contributed by atoms with Crippen molar-refractivity contribution in [2.45, 2.75) is 12.6 Å². The second-order valence-electron chi connectivity index (χ2n) is 7.45. The van der Waals surface area contributed by atoms with Gasteiger partial charge in [-0.1, -0.05) is 18.2 Å². The summed E-state index contributed by atoms with van der Waals surface area (Å²) < 4.78 is 17.4. The van der Waals surface area contributed by atoms with Crippen LogP contribution in [0.25, 0.3) is 0 Å². The Balaban J connectivity index is 1.81. The van der Waals surface area contributed by atoms with Gasteiger partial charge >= 0.3 is 0 Å². The number of ether oxygens (including phenoxy) is 3. The van der Waals surface area contributed by atoms with Gasteiger partial charge in [0.1, 0.15) is 12.4 Å². The number of para-hydroxylation sites is 1. The molecule has 0 bridgehead atoms. The number of fused-ring (bicyclic) bond motifs is 1. The highest BCUT2D eigenvalue weighted by atomic mass is 16.5. The summed E-state index contributed by atoms with van der Waals surface area (Å²) in [6.45, 7) is 0.282. The maximum Gasteiger partial charge on any atom is 0.269 e. The maximum absolute atomic E-state index is 10.7. The highest BCUT2D eigenvalue weighted by Crippen LogP contribution is 2.52. The van der Waals surface area contributed by atoms with Crippen LogP contribution in [-0.4, -0.2) is 38.0 Å². The fourth-order valence-corrected chi connectivity index (χ4v) is 4.08. The number of phenols is 1. The molecule has 2 unspecified atom stereocenters. The van der Waals surface area contributed by atoms with Crippen LogP contribution < -0.4 is 24.4 Å². The number of quaternary nitrogens is 1. The van der Waals surface area contributed by atoms with Crippen molar-refractivity contribution in [3.8, 4) is 23.0 Å². The van der Waals surface area contributed by atoms with Gasteiger partial charge in [0.2, 0.25) is 0 Å². The van der Waals surface area contributed by atoms with Crippen LogP contribution in [0.1, 0.15) is 23.0 Å². The van der Waals surface area contributed by atoms with E-state index in [1.165, 1.54) is 13.2 Å². The summed E-state index contributed by atoms with van der Waals surface area (Å²) in [5.74, 6) is 1.78. The number of pyridine rings is 1. The van der Waals surface area contributed by atoms with Crippen molar-refractivity contribution in [3.05, 3.63) is 71.5 Å². The third-order valence-corrected chi connectivity index (χ3v) is 5.63. The van der Waals surface area contributed by atoms with Crippen LogP contribution in [-0.2, 0) is 6.42 Å². The minimum atomic E-state index is -0.533. The summed E-state index contributed by atoms with van der Waals surface area (Å²) in [6.07, 6.45) is 1.91. The summed E-state index contributed by atoms with van der Waals surface area (Å²) in [5, 5.41) is 10.7. The van der Waals surface area contributed by atoms with E-state index in [2.05, 4.69) is 11.1 Å². The second-order valence-corrected chi connectivity index (χ2v) is 7.45. The Morgan fingerprint density at radius 1 is 1.10 bits per heavy atom. The Labute approximate surface area is 175 Å². The summed E-state index contributed by atoms with van der Waals surface area (Å²) in [6, 6.07) is 15.1. The van der Waals surface area contributed by atoms with E-state index in [1.807, 2.05) is 37.4 Å². The molecule has 156 valence electrons. The van der Waals surface area contributed by atoms with Gasteiger partial charge in [-0.25, -0.2) is 4.48 Å². The zero-order valence-electron chi connectivity index (χ0n) is 17.3. The number of nitrogens with zero attached hydrogens (tertiary/aromatic N) is 2. The lowest BCUT2D eigenvalue weighted by molar-refractivity contribution is 0.0855. The molecule has 1 aliphatic rings. The van der Waals surface area contributed by atoms with Crippen molar-refractivity contribution in [1.82, 2.24) is 9.47 Å². The summed E-state index contributed by atoms with van der Waals surface area (Å²) in [7, 11) is 5.10. The molecule has 1 aliphatic heterocycles. The summed E-state index contributed by atoms with van der Waals surface area (Å²) >= 11 is 0. The van der Waals surface area contributed by atoms with Crippen LogP contribution in [0.2, 0.25) is 0 Å². The van der Waals surface area contributed by atoms with E-state index in [0.717, 1.165) is 22.7 Å². The van der Waals surface area contributed by atoms with Gasteiger partial charge in [-0.05, 0) is 18.2 Å². The number of phenolic OH excluding ortho intramolecular Hbond substituents is 1. The highest BCUT2D eigenvalue weighted by molar-refractivity contribution is 5.66. The van der Waals surface area contributed by atoms with Crippen LogP contribution in [0, 0.1) is 0 Å². The van der Waals surface area contributed by atoms with Gasteiger partial charge in [0.25, 0.3) is 6.23 Å². The monoisotopic (exact) mass is 408 g/mol. The number of methoxy groups -OCH3 is 2. The van der Waals surface area contributed by atoms with Crippen molar-refractivity contribution in [2.24, 2.45) is 5.73 Å². The lowest BCUT2D eigenvalue weighted by Gasteiger charge is -2.33. The van der Waals surface area contributed by atoms with Crippen LogP contribution in [0.5, 0.6) is 23.0 Å². The lowest BCUT2D eigenvalue weighted by atomic mass is 10.0. The van der Waals surface area contributed by atoms with Gasteiger partial charge in [-0.3, -0.25) is 10.7 Å². The SMILES string of the molecule is COc1cc(O)c(C2Oc3cccc(Cc4ccccn4)c3[N+]2(C)CN)cc1OC. The first kappa shape index (κ1) is 20.0. The number of rotatable bonds is 6. The average molecular weight is 408 g/mol. The van der Waals surface area contributed by atoms with Gasteiger partial charge in [0.05, 0.1) is 26.8 Å². The molecule has 0 saturated heterocycles. The molecule has 30 heavy (non-hydrogen) atoms. The van der Waals surface area contributed by atoms with Crippen molar-refractivity contribution < 1.29 is 19.3 Å². The van der Waals surface area contributed by atoms with E-state index in [9.17, 15) is 5.11 Å². The molecule has 0 radical (unpaired) electrons. The fourth-order valence-electron chi connectivity index (χ4n) is 4.08. The van der Waals surface area contributed by atoms with Crippen LogP contribution in [0.3, 0.4) is 0 Å². The first-order valence-corrected chi connectivity index (χ1v) is 9.71. The Bertz CT molecular complexity index is 1060. The molecule has 2 aromatic carbocycles. The predicted octanol–water partition coefficient (Wildman–Crippen LogP) is 3.34. The third kappa shape index (κ3) is 3.22. The van der Waals surface area contributed by atoms with E-state index in [-0.39, 0.29) is 16.9 Å². The largest absolute Gasteiger partial charge is 0.507 e. The van der Waals surface area contributed by atoms with E-state index in [0.29, 0.717) is 23.5 Å². The van der Waals surface area contributed by atoms with Crippen molar-refractivity contribution in [2.75, 3.05) is 27.9 Å². The molecule has 0 amide bonds. The Morgan fingerprint density at radius 2 is 1.87 bits per heavy atom. The van der Waals surface area contributed by atoms with Gasteiger partial charge in [-0.15, -0.1) is 0 Å². The van der Waals surface area contributed by atoms with E-state index < -0.39 is 6.23 Å². The molecule has 0 fully saturated rings. The first-order valence-electron chi connectivity index (χ1n) is 9.71. The standard InChI is InChI=1S/C23H25N3O4/c1-26(14-24)22-15(11-16-8-4-5-10-25-16)7-6-9-19(22)30-23(26)17-12-20(28-2)21(29-3)13-18(17)27/h4-10,12-13,23H,11,14,24H2,1-3H3/p+1. The van der Waals surface area contributed by atoms with Crippen molar-refractivity contribution in [3.63, 3.8) is 0 Å². The smallest absolute Gasteiger partial charge is 0.269 e. The molecular weight excluding hydrogens is 382 g/mol. The van der Waals surface area contributed by atoms with Gasteiger partial charge in [0.15, 0.2) is 22.9 Å². The quantitative estimate of drug-likeness (QED) is 0.609. The number of nitrogens with two attached hydrogens (primary N) is 1. The molecule has 3 aromatic rings. The first-order chi connectivity index (χ1) is 14.5. The Kier molecular flexibility index (Phi) is 5.24. The van der Waals surface area contributed by atoms with Crippen LogP contribution in [0.15, 0.2) is 54.7 Å². The molecule has 3 N–H and O–H groups in total. The van der Waals surface area contributed by atoms with E-state index in [1.54, 1.807) is 19.4 Å². The molecule has 7 heteroatoms. The predicted molar refractivity (Wildman–Crippen MR) is 115 cm³/mol. The summed E-state index contributed by atoms with van der Waals surface area (Å²) in [5.41, 5.74) is 9.91. The zero-order valence-corrected chi connectivity index (χ0v) is 17.3. The molecule has 2 atom stereocenters. The summed E-state index contributed by atoms with van der Waals surface area (Å²) in [4.78, 5) is 4.46. The Hall–Kier alpha value is -3.29. The van der Waals surface area contributed by atoms with Gasteiger partial charge < -0.3 is 19.3 Å². The Morgan fingerprint density at radius 3 is 2.53 bits per heavy atom. The molecule has 1 aromatic heterocycles. The van der Waals surface area contributed by atoms with Gasteiger partial charge in [-0.2, -0.15) is 0 Å². The van der Waals surface area contributed by atoms with Crippen LogP contribution >= 0.6 is 0 Å². The van der Waals surface area contributed by atoms with E-state index >= 15 is 0 Å². The molecule has 2 heterocycles. The maximum atomic E-state index is 10.7. The normalized spacial score (nSPS) is 19.8. The average Bonchev–Trinajstić information content (AvgIpc) is 3.08. The van der Waals surface area contributed by atoms with E-state index in [4.69, 9.17) is 19.9 Å². The number of benzene rings is 2. The lowest BCUT2D eigenvalue weighted by Crippen LogP contribution is -2.51. The molecule has 0 saturated carbocycles. The third-order valence-electron chi connectivity index (χ3n) is 5.63. The minimum absolute atomic E-state index is 0.0644. The zero-order chi connectivity index (χ0) is 21.3. The van der Waals surface area contributed by atoms with Crippen molar-refractivity contribution in [1.29, 1.82) is 0 Å². The highest BCUT2D eigenvalue weighted by Gasteiger charge is 2.48. The minimum Gasteiger partial charge on any atom is -0.507 e. The van der Waals surface area contributed by atoms with Crippen molar-refractivity contribution >= 4 is 5.69 Å². The fraction of sp³-hybridized carbons (Fsp3) is 0.261. The number of aromatic nitrogens is 1. The molecule has 7 nitrogen and oxygen atoms in total. The second kappa shape index (κ2) is 7.85. The number of hydrogen-bond acceptors (Lipinski definition) is 6.